The first-order valence-corrected chi connectivity index (χ1v) is 9.06. The third-order valence-corrected chi connectivity index (χ3v) is 5.24. The van der Waals surface area contributed by atoms with Crippen LogP contribution < -0.4 is 9.80 Å². The van der Waals surface area contributed by atoms with E-state index in [9.17, 15) is 9.90 Å². The van der Waals surface area contributed by atoms with E-state index in [-0.39, 0.29) is 17.9 Å². The van der Waals surface area contributed by atoms with E-state index in [4.69, 9.17) is 9.72 Å². The van der Waals surface area contributed by atoms with Crippen LogP contribution in [0.15, 0.2) is 6.07 Å². The SMILES string of the molecule is CCN1CCN(c2cc([C@H]3CCOC3)nc(N3CC(O)C3)n2)CC1=O. The molecule has 0 unspecified atom stereocenters. The zero-order valence-corrected chi connectivity index (χ0v) is 14.6. The number of β-amino-alcohol motifs (C(OH)–C–C–N with tert-alkyl or cyclic N) is 1. The lowest BCUT2D eigenvalue weighted by molar-refractivity contribution is -0.130. The van der Waals surface area contributed by atoms with Gasteiger partial charge in [-0.15, -0.1) is 0 Å². The number of piperazine rings is 1. The molecule has 1 amide bonds. The first-order valence-electron chi connectivity index (χ1n) is 9.06. The minimum absolute atomic E-state index is 0.138. The fourth-order valence-corrected chi connectivity index (χ4v) is 3.58. The molecule has 136 valence electrons. The second-order valence-corrected chi connectivity index (χ2v) is 6.97. The van der Waals surface area contributed by atoms with Crippen LogP contribution in [0.1, 0.15) is 25.0 Å². The highest BCUT2D eigenvalue weighted by molar-refractivity contribution is 5.82. The maximum Gasteiger partial charge on any atom is 0.242 e. The molecule has 3 saturated heterocycles. The van der Waals surface area contributed by atoms with Crippen molar-refractivity contribution in [3.63, 3.8) is 0 Å². The van der Waals surface area contributed by atoms with E-state index in [0.717, 1.165) is 44.2 Å². The van der Waals surface area contributed by atoms with Crippen molar-refractivity contribution in [3.8, 4) is 0 Å². The summed E-state index contributed by atoms with van der Waals surface area (Å²) < 4.78 is 5.51. The average Bonchev–Trinajstić information content (AvgIpc) is 3.13. The Morgan fingerprint density at radius 2 is 2.12 bits per heavy atom. The lowest BCUT2D eigenvalue weighted by Gasteiger charge is -2.38. The molecule has 0 spiro atoms. The molecule has 1 N–H and O–H groups in total. The molecule has 4 rings (SSSR count). The Hall–Kier alpha value is -1.93. The summed E-state index contributed by atoms with van der Waals surface area (Å²) in [6, 6.07) is 2.01. The van der Waals surface area contributed by atoms with Crippen molar-refractivity contribution in [2.75, 3.05) is 62.3 Å². The number of anilines is 2. The second kappa shape index (κ2) is 6.76. The van der Waals surface area contributed by atoms with Gasteiger partial charge < -0.3 is 24.5 Å². The van der Waals surface area contributed by atoms with Crippen LogP contribution in [0.5, 0.6) is 0 Å². The van der Waals surface area contributed by atoms with Crippen LogP contribution >= 0.6 is 0 Å². The molecule has 0 saturated carbocycles. The van der Waals surface area contributed by atoms with Gasteiger partial charge in [0.2, 0.25) is 11.9 Å². The molecule has 0 bridgehead atoms. The Bertz CT molecular complexity index is 643. The van der Waals surface area contributed by atoms with Crippen LogP contribution in [0.3, 0.4) is 0 Å². The summed E-state index contributed by atoms with van der Waals surface area (Å²) in [5, 5.41) is 9.59. The third kappa shape index (κ3) is 3.28. The normalized spacial score (nSPS) is 24.8. The van der Waals surface area contributed by atoms with E-state index >= 15 is 0 Å². The molecule has 8 nitrogen and oxygen atoms in total. The van der Waals surface area contributed by atoms with Gasteiger partial charge in [0.15, 0.2) is 0 Å². The monoisotopic (exact) mass is 347 g/mol. The van der Waals surface area contributed by atoms with Crippen molar-refractivity contribution in [3.05, 3.63) is 11.8 Å². The number of carbonyl (C=O) groups is 1. The first kappa shape index (κ1) is 16.5. The van der Waals surface area contributed by atoms with E-state index < -0.39 is 0 Å². The van der Waals surface area contributed by atoms with Gasteiger partial charge in [-0.25, -0.2) is 4.98 Å². The van der Waals surface area contributed by atoms with Crippen molar-refractivity contribution in [2.24, 2.45) is 0 Å². The topological polar surface area (TPSA) is 82.0 Å². The van der Waals surface area contributed by atoms with Crippen molar-refractivity contribution in [1.82, 2.24) is 14.9 Å². The summed E-state index contributed by atoms with van der Waals surface area (Å²) in [5.41, 5.74) is 0.976. The summed E-state index contributed by atoms with van der Waals surface area (Å²) in [6.45, 7) is 7.17. The summed E-state index contributed by atoms with van der Waals surface area (Å²) in [4.78, 5) is 27.6. The van der Waals surface area contributed by atoms with Crippen molar-refractivity contribution in [1.29, 1.82) is 0 Å². The van der Waals surface area contributed by atoms with Gasteiger partial charge in [0.1, 0.15) is 5.82 Å². The molecule has 3 aliphatic rings. The minimum Gasteiger partial charge on any atom is -0.389 e. The van der Waals surface area contributed by atoms with E-state index in [2.05, 4.69) is 4.98 Å². The maximum atomic E-state index is 12.3. The molecule has 25 heavy (non-hydrogen) atoms. The molecule has 1 atom stereocenters. The minimum atomic E-state index is -0.305. The van der Waals surface area contributed by atoms with E-state index in [1.165, 1.54) is 0 Å². The largest absolute Gasteiger partial charge is 0.389 e. The number of amides is 1. The van der Waals surface area contributed by atoms with Crippen LogP contribution in [0.2, 0.25) is 0 Å². The van der Waals surface area contributed by atoms with Crippen molar-refractivity contribution < 1.29 is 14.6 Å². The van der Waals surface area contributed by atoms with Gasteiger partial charge in [0, 0.05) is 51.3 Å². The van der Waals surface area contributed by atoms with Crippen LogP contribution in [0.25, 0.3) is 0 Å². The molecule has 0 aliphatic carbocycles. The number of carbonyl (C=O) groups excluding carboxylic acids is 1. The maximum absolute atomic E-state index is 12.3. The summed E-state index contributed by atoms with van der Waals surface area (Å²) in [6.07, 6.45) is 0.654. The Balaban J connectivity index is 1.60. The molecular formula is C17H25N5O3. The highest BCUT2D eigenvalue weighted by Crippen LogP contribution is 2.29. The molecule has 4 heterocycles. The quantitative estimate of drug-likeness (QED) is 0.810. The molecule has 8 heteroatoms. The molecule has 0 aromatic carbocycles. The molecule has 0 radical (unpaired) electrons. The number of hydrogen-bond acceptors (Lipinski definition) is 7. The van der Waals surface area contributed by atoms with Gasteiger partial charge in [-0.05, 0) is 13.3 Å². The fourth-order valence-electron chi connectivity index (χ4n) is 3.58. The summed E-state index contributed by atoms with van der Waals surface area (Å²) >= 11 is 0. The summed E-state index contributed by atoms with van der Waals surface area (Å²) in [7, 11) is 0. The van der Waals surface area contributed by atoms with Crippen molar-refractivity contribution in [2.45, 2.75) is 25.4 Å². The Morgan fingerprint density at radius 3 is 2.76 bits per heavy atom. The first-order chi connectivity index (χ1) is 12.1. The number of aliphatic hydroxyl groups is 1. The third-order valence-electron chi connectivity index (χ3n) is 5.24. The molecule has 1 aromatic heterocycles. The van der Waals surface area contributed by atoms with Gasteiger partial charge in [-0.3, -0.25) is 4.79 Å². The number of ether oxygens (including phenoxy) is 1. The van der Waals surface area contributed by atoms with Crippen LogP contribution in [-0.4, -0.2) is 84.5 Å². The van der Waals surface area contributed by atoms with E-state index in [0.29, 0.717) is 32.2 Å². The van der Waals surface area contributed by atoms with Gasteiger partial charge in [0.05, 0.1) is 24.9 Å². The van der Waals surface area contributed by atoms with E-state index in [1.54, 1.807) is 0 Å². The molecule has 3 fully saturated rings. The Kier molecular flexibility index (Phi) is 4.47. The number of rotatable bonds is 4. The molecule has 3 aliphatic heterocycles. The highest BCUT2D eigenvalue weighted by atomic mass is 16.5. The number of hydrogen-bond donors (Lipinski definition) is 1. The number of aliphatic hydroxyl groups excluding tert-OH is 1. The summed E-state index contributed by atoms with van der Waals surface area (Å²) in [5.74, 6) is 1.87. The second-order valence-electron chi connectivity index (χ2n) is 6.97. The van der Waals surface area contributed by atoms with Crippen LogP contribution in [0.4, 0.5) is 11.8 Å². The van der Waals surface area contributed by atoms with Gasteiger partial charge >= 0.3 is 0 Å². The van der Waals surface area contributed by atoms with E-state index in [1.807, 2.05) is 27.7 Å². The lowest BCUT2D eigenvalue weighted by atomic mass is 10.0. The number of likely N-dealkylation sites (N-methyl/N-ethyl adjacent to an activating group) is 1. The Labute approximate surface area is 147 Å². The van der Waals surface area contributed by atoms with Crippen LogP contribution in [0, 0.1) is 0 Å². The van der Waals surface area contributed by atoms with Crippen LogP contribution in [-0.2, 0) is 9.53 Å². The standard InChI is InChI=1S/C17H25N5O3/c1-2-20-4-5-21(10-16(20)24)15-7-14(12-3-6-25-11-12)18-17(19-15)22-8-13(23)9-22/h7,12-13,23H,2-6,8-11H2,1H3/t12-/m0/s1. The number of aromatic nitrogens is 2. The average molecular weight is 347 g/mol. The van der Waals surface area contributed by atoms with Gasteiger partial charge in [0.25, 0.3) is 0 Å². The molecule has 1 aromatic rings. The predicted molar refractivity (Wildman–Crippen MR) is 92.9 cm³/mol. The van der Waals surface area contributed by atoms with Gasteiger partial charge in [-0.2, -0.15) is 4.98 Å². The zero-order chi connectivity index (χ0) is 17.4. The van der Waals surface area contributed by atoms with Gasteiger partial charge in [-0.1, -0.05) is 0 Å². The smallest absolute Gasteiger partial charge is 0.242 e. The Morgan fingerprint density at radius 1 is 1.28 bits per heavy atom. The number of nitrogens with zero attached hydrogens (tertiary/aromatic N) is 5. The van der Waals surface area contributed by atoms with Crippen molar-refractivity contribution >= 4 is 17.7 Å². The highest BCUT2D eigenvalue weighted by Gasteiger charge is 2.31. The molecular weight excluding hydrogens is 322 g/mol. The lowest BCUT2D eigenvalue weighted by Crippen LogP contribution is -2.52. The predicted octanol–water partition coefficient (Wildman–Crippen LogP) is -0.170. The fraction of sp³-hybridized carbons (Fsp3) is 0.706. The zero-order valence-electron chi connectivity index (χ0n) is 14.6.